The van der Waals surface area contributed by atoms with Crippen LogP contribution in [0.15, 0.2) is 109 Å². The van der Waals surface area contributed by atoms with Gasteiger partial charge in [0.2, 0.25) is 5.91 Å². The summed E-state index contributed by atoms with van der Waals surface area (Å²) in [5.41, 5.74) is 2.14. The van der Waals surface area contributed by atoms with Gasteiger partial charge in [-0.15, -0.1) is 0 Å². The smallest absolute Gasteiger partial charge is 0.369 e. The van der Waals surface area contributed by atoms with Crippen molar-refractivity contribution in [3.05, 3.63) is 125 Å². The van der Waals surface area contributed by atoms with Gasteiger partial charge in [0.25, 0.3) is 6.23 Å². The number of aromatic nitrogens is 1. The largest absolute Gasteiger partial charge is 0.462 e. The number of carbonyl (C=O) groups excluding carboxylic acids is 3. The molecule has 1 atom stereocenters. The van der Waals surface area contributed by atoms with Crippen molar-refractivity contribution < 1.29 is 23.9 Å². The SMILES string of the molecule is CC/C=C\C/C=C\C/C=C\C/C=C\C/C=C\C/C=C\CCC(=O)OC(C(=O)OCC)N1C(=O)Cc2cc(CCN3CCN(c4nsc5ccccc45)CC3)c(Cl)cc21. The number of hydrogen-bond acceptors (Lipinski definition) is 9. The number of carbonyl (C=O) groups is 3. The monoisotopic (exact) mass is 824 g/mol. The van der Waals surface area contributed by atoms with Crippen molar-refractivity contribution >= 4 is 62.6 Å². The second-order valence-corrected chi connectivity index (χ2v) is 15.4. The van der Waals surface area contributed by atoms with Gasteiger partial charge in [0.05, 0.1) is 23.4 Å². The van der Waals surface area contributed by atoms with Gasteiger partial charge in [-0.25, -0.2) is 4.79 Å². The third-order valence-corrected chi connectivity index (χ3v) is 11.1. The Hall–Kier alpha value is -4.77. The molecule has 3 heterocycles. The summed E-state index contributed by atoms with van der Waals surface area (Å²) in [5.74, 6) is -0.676. The fourth-order valence-corrected chi connectivity index (χ4v) is 7.91. The summed E-state index contributed by atoms with van der Waals surface area (Å²) < 4.78 is 16.8. The standard InChI is InChI=1S/C47H57ClN4O5S/c1-3-5-6-7-8-9-10-11-12-13-14-15-16-17-18-19-20-21-22-27-44(54)57-46(47(55)56-4-2)52-41-36-40(48)37(34-38(41)35-43(52)53)28-29-50-30-32-51(33-31-50)45-39-25-23-24-26-42(39)58-49-45/h5-6,8-9,11-12,14-15,17-18,20-21,23-26,34,36,46H,3-4,7,10,13,16,19,22,27-33,35H2,1-2H3/b6-5-,9-8-,12-11-,15-14-,18-17-,21-20-. The van der Waals surface area contributed by atoms with E-state index in [1.807, 2.05) is 24.3 Å². The maximum Gasteiger partial charge on any atom is 0.369 e. The Bertz CT molecular complexity index is 1990. The Kier molecular flexibility index (Phi) is 18.5. The molecular weight excluding hydrogens is 768 g/mol. The lowest BCUT2D eigenvalue weighted by atomic mass is 10.1. The molecule has 2 aromatic carbocycles. The quantitative estimate of drug-likeness (QED) is 0.0731. The number of benzene rings is 2. The highest BCUT2D eigenvalue weighted by Crippen LogP contribution is 2.36. The van der Waals surface area contributed by atoms with E-state index in [4.69, 9.17) is 25.4 Å². The van der Waals surface area contributed by atoms with Gasteiger partial charge >= 0.3 is 11.9 Å². The van der Waals surface area contributed by atoms with E-state index < -0.39 is 18.2 Å². The van der Waals surface area contributed by atoms with Crippen molar-refractivity contribution in [3.8, 4) is 0 Å². The van der Waals surface area contributed by atoms with Crippen LogP contribution in [0.5, 0.6) is 0 Å². The summed E-state index contributed by atoms with van der Waals surface area (Å²) in [7, 11) is 0. The molecule has 58 heavy (non-hydrogen) atoms. The predicted octanol–water partition coefficient (Wildman–Crippen LogP) is 10.1. The summed E-state index contributed by atoms with van der Waals surface area (Å²) in [6.45, 7) is 8.32. The van der Waals surface area contributed by atoms with Crippen LogP contribution in [0.3, 0.4) is 0 Å². The van der Waals surface area contributed by atoms with Gasteiger partial charge in [0, 0.05) is 49.6 Å². The number of nitrogens with zero attached hydrogens (tertiary/aromatic N) is 4. The first kappa shape index (κ1) is 44.3. The summed E-state index contributed by atoms with van der Waals surface area (Å²) >= 11 is 8.35. The number of rotatable bonds is 22. The van der Waals surface area contributed by atoms with Gasteiger partial charge in [0.1, 0.15) is 5.82 Å². The normalized spacial score (nSPS) is 15.8. The molecule has 308 valence electrons. The highest BCUT2D eigenvalue weighted by atomic mass is 35.5. The second kappa shape index (κ2) is 24.2. The molecule has 0 radical (unpaired) electrons. The van der Waals surface area contributed by atoms with Crippen LogP contribution < -0.4 is 9.80 Å². The van der Waals surface area contributed by atoms with Crippen LogP contribution in [0.1, 0.15) is 76.3 Å². The third kappa shape index (κ3) is 13.4. The fourth-order valence-electron chi connectivity index (χ4n) is 6.86. The molecule has 2 aliphatic rings. The third-order valence-electron chi connectivity index (χ3n) is 9.92. The number of ether oxygens (including phenoxy) is 2. The van der Waals surface area contributed by atoms with E-state index in [-0.39, 0.29) is 25.4 Å². The van der Waals surface area contributed by atoms with Crippen LogP contribution in [0.25, 0.3) is 10.1 Å². The van der Waals surface area contributed by atoms with Crippen LogP contribution in [-0.2, 0) is 36.7 Å². The van der Waals surface area contributed by atoms with E-state index >= 15 is 0 Å². The molecule has 1 amide bonds. The van der Waals surface area contributed by atoms with Gasteiger partial charge in [-0.1, -0.05) is 110 Å². The number of amides is 1. The number of halogens is 1. The number of fused-ring (bicyclic) bond motifs is 2. The van der Waals surface area contributed by atoms with Crippen LogP contribution in [0.4, 0.5) is 11.5 Å². The number of anilines is 2. The van der Waals surface area contributed by atoms with E-state index in [1.165, 1.54) is 15.0 Å². The van der Waals surface area contributed by atoms with Gasteiger partial charge in [-0.05, 0) is 99.1 Å². The second-order valence-electron chi connectivity index (χ2n) is 14.1. The first-order chi connectivity index (χ1) is 28.4. The van der Waals surface area contributed by atoms with Crippen molar-refractivity contribution in [2.24, 2.45) is 0 Å². The maximum atomic E-state index is 13.4. The number of piperazine rings is 1. The van der Waals surface area contributed by atoms with Crippen molar-refractivity contribution in [2.75, 3.05) is 49.1 Å². The average molecular weight is 826 g/mol. The molecule has 5 rings (SSSR count). The minimum Gasteiger partial charge on any atom is -0.462 e. The molecule has 3 aromatic rings. The lowest BCUT2D eigenvalue weighted by Crippen LogP contribution is -2.47. The average Bonchev–Trinajstić information content (AvgIpc) is 3.80. The molecule has 0 aliphatic carbocycles. The molecular formula is C47H57ClN4O5S. The Morgan fingerprint density at radius 3 is 2.10 bits per heavy atom. The Labute approximate surface area is 353 Å². The van der Waals surface area contributed by atoms with Crippen LogP contribution >= 0.6 is 23.1 Å². The zero-order chi connectivity index (χ0) is 41.0. The Morgan fingerprint density at radius 1 is 0.845 bits per heavy atom. The summed E-state index contributed by atoms with van der Waals surface area (Å²) in [6.07, 6.45) is 30.9. The minimum atomic E-state index is -1.53. The molecule has 0 N–H and O–H groups in total. The Morgan fingerprint density at radius 2 is 1.47 bits per heavy atom. The van der Waals surface area contributed by atoms with Crippen molar-refractivity contribution in [1.82, 2.24) is 9.27 Å². The zero-order valence-electron chi connectivity index (χ0n) is 33.9. The molecule has 1 saturated heterocycles. The van der Waals surface area contributed by atoms with Crippen LogP contribution in [-0.4, -0.2) is 72.7 Å². The van der Waals surface area contributed by atoms with E-state index in [1.54, 1.807) is 24.5 Å². The number of hydrogen-bond donors (Lipinski definition) is 0. The van der Waals surface area contributed by atoms with Crippen LogP contribution in [0.2, 0.25) is 5.02 Å². The van der Waals surface area contributed by atoms with E-state index in [0.29, 0.717) is 23.6 Å². The van der Waals surface area contributed by atoms with E-state index in [0.717, 1.165) is 88.2 Å². The topological polar surface area (TPSA) is 92.3 Å². The van der Waals surface area contributed by atoms with Gasteiger partial charge in [0.15, 0.2) is 0 Å². The lowest BCUT2D eigenvalue weighted by molar-refractivity contribution is -0.168. The first-order valence-electron chi connectivity index (χ1n) is 20.6. The number of esters is 2. The summed E-state index contributed by atoms with van der Waals surface area (Å²) in [5, 5.41) is 1.70. The summed E-state index contributed by atoms with van der Waals surface area (Å²) in [6, 6.07) is 12.0. The maximum absolute atomic E-state index is 13.4. The van der Waals surface area contributed by atoms with Crippen molar-refractivity contribution in [2.45, 2.75) is 84.3 Å². The number of allylic oxidation sites excluding steroid dienone is 12. The van der Waals surface area contributed by atoms with Gasteiger partial charge in [-0.2, -0.15) is 4.37 Å². The molecule has 1 aromatic heterocycles. The predicted molar refractivity (Wildman–Crippen MR) is 239 cm³/mol. The fraction of sp³-hybridized carbons (Fsp3) is 0.404. The summed E-state index contributed by atoms with van der Waals surface area (Å²) in [4.78, 5) is 45.4. The molecule has 0 spiro atoms. The zero-order valence-corrected chi connectivity index (χ0v) is 35.5. The van der Waals surface area contributed by atoms with Gasteiger partial charge in [-0.3, -0.25) is 19.4 Å². The minimum absolute atomic E-state index is 0.0568. The lowest BCUT2D eigenvalue weighted by Gasteiger charge is -2.35. The van der Waals surface area contributed by atoms with Crippen molar-refractivity contribution in [3.63, 3.8) is 0 Å². The highest BCUT2D eigenvalue weighted by Gasteiger charge is 2.41. The van der Waals surface area contributed by atoms with E-state index in [2.05, 4.69) is 95.7 Å². The first-order valence-corrected chi connectivity index (χ1v) is 21.8. The van der Waals surface area contributed by atoms with Gasteiger partial charge < -0.3 is 14.4 Å². The molecule has 2 aliphatic heterocycles. The molecule has 11 heteroatoms. The molecule has 0 saturated carbocycles. The van der Waals surface area contributed by atoms with Crippen molar-refractivity contribution in [1.29, 1.82) is 0 Å². The van der Waals surface area contributed by atoms with Crippen LogP contribution in [0, 0.1) is 0 Å². The Balaban J connectivity index is 1.04. The van der Waals surface area contributed by atoms with E-state index in [9.17, 15) is 14.4 Å². The molecule has 9 nitrogen and oxygen atoms in total. The highest BCUT2D eigenvalue weighted by molar-refractivity contribution is 7.13. The molecule has 1 fully saturated rings. The molecule has 0 bridgehead atoms. The molecule has 1 unspecified atom stereocenters.